The van der Waals surface area contributed by atoms with Crippen molar-refractivity contribution in [3.8, 4) is 0 Å². The van der Waals surface area contributed by atoms with Crippen LogP contribution in [-0.2, 0) is 0 Å². The minimum Gasteiger partial charge on any atom is -0.384 e. The van der Waals surface area contributed by atoms with Crippen molar-refractivity contribution in [1.29, 1.82) is 5.41 Å². The van der Waals surface area contributed by atoms with E-state index in [1.165, 1.54) is 0 Å². The lowest BCUT2D eigenvalue weighted by Crippen LogP contribution is -2.10. The normalized spacial score (nSPS) is 11.9. The molecule has 0 radical (unpaired) electrons. The highest BCUT2D eigenvalue weighted by molar-refractivity contribution is 5.96. The minimum absolute atomic E-state index is 0.0839. The minimum atomic E-state index is 0.0839. The van der Waals surface area contributed by atoms with Crippen molar-refractivity contribution in [3.05, 3.63) is 36.5 Å². The second kappa shape index (κ2) is 4.56. The van der Waals surface area contributed by atoms with Crippen molar-refractivity contribution < 1.29 is 0 Å². The Labute approximate surface area is 61.3 Å². The third kappa shape index (κ3) is 2.87. The monoisotopic (exact) mass is 136 g/mol. The molecule has 0 bridgehead atoms. The number of rotatable bonds is 3. The summed E-state index contributed by atoms with van der Waals surface area (Å²) in [5.74, 6) is 0.0839. The van der Waals surface area contributed by atoms with Crippen LogP contribution in [-0.4, -0.2) is 5.84 Å². The lowest BCUT2D eigenvalue weighted by atomic mass is 10.2. The van der Waals surface area contributed by atoms with Crippen molar-refractivity contribution in [2.24, 2.45) is 5.73 Å². The molecule has 0 rings (SSSR count). The molecule has 54 valence electrons. The second-order valence-corrected chi connectivity index (χ2v) is 1.75. The summed E-state index contributed by atoms with van der Waals surface area (Å²) in [6, 6.07) is 0. The average molecular weight is 136 g/mol. The van der Waals surface area contributed by atoms with Gasteiger partial charge >= 0.3 is 0 Å². The van der Waals surface area contributed by atoms with E-state index in [0.717, 1.165) is 5.57 Å². The molecule has 0 atom stereocenters. The summed E-state index contributed by atoms with van der Waals surface area (Å²) in [5.41, 5.74) is 5.94. The SMILES string of the molecule is C=C/C=C\C(=C/C)C(=N)N. The van der Waals surface area contributed by atoms with Crippen LogP contribution < -0.4 is 5.73 Å². The molecule has 0 aromatic rings. The van der Waals surface area contributed by atoms with E-state index in [0.29, 0.717) is 0 Å². The van der Waals surface area contributed by atoms with Gasteiger partial charge in [0.25, 0.3) is 0 Å². The third-order valence-corrected chi connectivity index (χ3v) is 1.03. The number of amidine groups is 1. The molecule has 0 heterocycles. The van der Waals surface area contributed by atoms with Crippen LogP contribution in [0.2, 0.25) is 0 Å². The maximum absolute atomic E-state index is 7.05. The summed E-state index contributed by atoms with van der Waals surface area (Å²) in [6.07, 6.45) is 6.92. The quantitative estimate of drug-likeness (QED) is 0.345. The van der Waals surface area contributed by atoms with E-state index >= 15 is 0 Å². The maximum Gasteiger partial charge on any atom is 0.122 e. The molecule has 10 heavy (non-hydrogen) atoms. The number of allylic oxidation sites excluding steroid dienone is 3. The molecule has 2 nitrogen and oxygen atoms in total. The maximum atomic E-state index is 7.05. The van der Waals surface area contributed by atoms with Crippen LogP contribution in [0.3, 0.4) is 0 Å². The Morgan fingerprint density at radius 1 is 1.60 bits per heavy atom. The summed E-state index contributed by atoms with van der Waals surface area (Å²) in [6.45, 7) is 5.34. The van der Waals surface area contributed by atoms with Gasteiger partial charge in [0.05, 0.1) is 0 Å². The Bertz CT molecular complexity index is 187. The summed E-state index contributed by atoms with van der Waals surface area (Å²) >= 11 is 0. The van der Waals surface area contributed by atoms with E-state index in [-0.39, 0.29) is 5.84 Å². The summed E-state index contributed by atoms with van der Waals surface area (Å²) in [5, 5.41) is 7.05. The van der Waals surface area contributed by atoms with Gasteiger partial charge in [-0.05, 0) is 6.92 Å². The molecule has 0 aromatic carbocycles. The van der Waals surface area contributed by atoms with Crippen LogP contribution in [0.5, 0.6) is 0 Å². The molecule has 0 aromatic heterocycles. The smallest absolute Gasteiger partial charge is 0.122 e. The van der Waals surface area contributed by atoms with Gasteiger partial charge in [-0.25, -0.2) is 0 Å². The highest BCUT2D eigenvalue weighted by Gasteiger charge is 1.90. The van der Waals surface area contributed by atoms with Gasteiger partial charge in [-0.2, -0.15) is 0 Å². The Morgan fingerprint density at radius 2 is 2.20 bits per heavy atom. The van der Waals surface area contributed by atoms with Crippen molar-refractivity contribution in [2.45, 2.75) is 6.92 Å². The van der Waals surface area contributed by atoms with Crippen molar-refractivity contribution in [1.82, 2.24) is 0 Å². The highest BCUT2D eigenvalue weighted by Crippen LogP contribution is 1.94. The molecule has 2 heteroatoms. The summed E-state index contributed by atoms with van der Waals surface area (Å²) in [4.78, 5) is 0. The van der Waals surface area contributed by atoms with E-state index in [4.69, 9.17) is 11.1 Å². The van der Waals surface area contributed by atoms with Gasteiger partial charge in [-0.3, -0.25) is 5.41 Å². The molecular weight excluding hydrogens is 124 g/mol. The predicted octanol–water partition coefficient (Wildman–Crippen LogP) is 1.61. The van der Waals surface area contributed by atoms with Gasteiger partial charge in [0.15, 0.2) is 0 Å². The van der Waals surface area contributed by atoms with Crippen molar-refractivity contribution >= 4 is 5.84 Å². The van der Waals surface area contributed by atoms with Crippen LogP contribution in [0.4, 0.5) is 0 Å². The molecule has 0 saturated heterocycles. The van der Waals surface area contributed by atoms with Crippen LogP contribution in [0.1, 0.15) is 6.92 Å². The molecule has 0 saturated carbocycles. The van der Waals surface area contributed by atoms with E-state index in [1.54, 1.807) is 24.3 Å². The van der Waals surface area contributed by atoms with Gasteiger partial charge in [0, 0.05) is 5.57 Å². The molecule has 0 aliphatic heterocycles. The second-order valence-electron chi connectivity index (χ2n) is 1.75. The molecule has 0 aliphatic carbocycles. The lowest BCUT2D eigenvalue weighted by molar-refractivity contribution is 1.42. The van der Waals surface area contributed by atoms with E-state index in [2.05, 4.69) is 6.58 Å². The fraction of sp³-hybridized carbons (Fsp3) is 0.125. The first-order valence-corrected chi connectivity index (χ1v) is 3.02. The van der Waals surface area contributed by atoms with E-state index in [9.17, 15) is 0 Å². The van der Waals surface area contributed by atoms with Crippen molar-refractivity contribution in [3.63, 3.8) is 0 Å². The first kappa shape index (κ1) is 8.69. The zero-order valence-corrected chi connectivity index (χ0v) is 6.09. The predicted molar refractivity (Wildman–Crippen MR) is 45.0 cm³/mol. The summed E-state index contributed by atoms with van der Waals surface area (Å²) < 4.78 is 0. The largest absolute Gasteiger partial charge is 0.384 e. The van der Waals surface area contributed by atoms with E-state index < -0.39 is 0 Å². The average Bonchev–Trinajstić information content (AvgIpc) is 1.89. The van der Waals surface area contributed by atoms with Gasteiger partial charge in [-0.1, -0.05) is 30.9 Å². The zero-order valence-electron chi connectivity index (χ0n) is 6.09. The number of nitrogens with two attached hydrogens (primary N) is 1. The standard InChI is InChI=1S/C8H12N2/c1-3-5-6-7(4-2)8(9)10/h3-6H,1H2,2H3,(H3,9,10)/b6-5-,7-4+. The van der Waals surface area contributed by atoms with Crippen molar-refractivity contribution in [2.75, 3.05) is 0 Å². The van der Waals surface area contributed by atoms with Crippen LogP contribution in [0.25, 0.3) is 0 Å². The molecule has 0 unspecified atom stereocenters. The van der Waals surface area contributed by atoms with Crippen LogP contribution in [0, 0.1) is 5.41 Å². The van der Waals surface area contributed by atoms with E-state index in [1.807, 2.05) is 6.92 Å². The molecule has 0 aliphatic rings. The van der Waals surface area contributed by atoms with Crippen LogP contribution in [0.15, 0.2) is 36.5 Å². The third-order valence-electron chi connectivity index (χ3n) is 1.03. The number of hydrogen-bond donors (Lipinski definition) is 2. The molecular formula is C8H12N2. The number of nitrogens with one attached hydrogen (secondary N) is 1. The zero-order chi connectivity index (χ0) is 7.98. The highest BCUT2D eigenvalue weighted by atomic mass is 14.7. The van der Waals surface area contributed by atoms with Gasteiger partial charge in [0.1, 0.15) is 5.84 Å². The molecule has 3 N–H and O–H groups in total. The fourth-order valence-corrected chi connectivity index (χ4v) is 0.513. The van der Waals surface area contributed by atoms with Gasteiger partial charge in [0.2, 0.25) is 0 Å². The van der Waals surface area contributed by atoms with Crippen LogP contribution >= 0.6 is 0 Å². The first-order chi connectivity index (χ1) is 4.72. The lowest BCUT2D eigenvalue weighted by Gasteiger charge is -1.94. The summed E-state index contributed by atoms with van der Waals surface area (Å²) in [7, 11) is 0. The molecule has 0 spiro atoms. The molecule has 0 amide bonds. The number of hydrogen-bond acceptors (Lipinski definition) is 1. The van der Waals surface area contributed by atoms with Gasteiger partial charge in [-0.15, -0.1) is 0 Å². The Balaban J connectivity index is 4.25. The Morgan fingerprint density at radius 3 is 2.50 bits per heavy atom. The first-order valence-electron chi connectivity index (χ1n) is 3.02. The fourth-order valence-electron chi connectivity index (χ4n) is 0.513. The molecule has 0 fully saturated rings. The Kier molecular flexibility index (Phi) is 3.96. The topological polar surface area (TPSA) is 49.9 Å². The Hall–Kier alpha value is -1.31. The van der Waals surface area contributed by atoms with Gasteiger partial charge < -0.3 is 5.73 Å².